The van der Waals surface area contributed by atoms with Crippen LogP contribution in [-0.2, 0) is 9.31 Å². The number of nitrogens with zero attached hydrogens (tertiary/aromatic N) is 1. The molecule has 1 N–H and O–H groups in total. The van der Waals surface area contributed by atoms with Crippen molar-refractivity contribution in [3.63, 3.8) is 0 Å². The molecule has 1 aliphatic heterocycles. The fourth-order valence-electron chi connectivity index (χ4n) is 2.63. The fraction of sp³-hybridized carbons (Fsp3) is 0.500. The van der Waals surface area contributed by atoms with Crippen LogP contribution in [0.5, 0.6) is 0 Å². The molecule has 1 aliphatic rings. The predicted molar refractivity (Wildman–Crippen MR) is 91.8 cm³/mol. The van der Waals surface area contributed by atoms with Crippen molar-refractivity contribution in [2.45, 2.75) is 52.7 Å². The minimum absolute atomic E-state index is 0.143. The van der Waals surface area contributed by atoms with Crippen LogP contribution in [0.2, 0.25) is 0 Å². The molecule has 0 radical (unpaired) electrons. The second-order valence-corrected chi connectivity index (χ2v) is 7.10. The van der Waals surface area contributed by atoms with Gasteiger partial charge in [-0.05, 0) is 75.8 Å². The van der Waals surface area contributed by atoms with Crippen molar-refractivity contribution in [1.82, 2.24) is 0 Å². The van der Waals surface area contributed by atoms with Crippen LogP contribution in [0.1, 0.15) is 49.9 Å². The molecule has 0 amide bonds. The van der Waals surface area contributed by atoms with E-state index in [-0.39, 0.29) is 6.61 Å². The third kappa shape index (κ3) is 3.35. The van der Waals surface area contributed by atoms with E-state index in [1.54, 1.807) is 0 Å². The average molecular weight is 313 g/mol. The molecule has 122 valence electrons. The van der Waals surface area contributed by atoms with Crippen LogP contribution < -0.4 is 0 Å². The van der Waals surface area contributed by atoms with Gasteiger partial charge >= 0.3 is 7.12 Å². The summed E-state index contributed by atoms with van der Waals surface area (Å²) in [5.41, 5.74) is 3.40. The van der Waals surface area contributed by atoms with Gasteiger partial charge in [0.2, 0.25) is 0 Å². The van der Waals surface area contributed by atoms with E-state index in [2.05, 4.69) is 6.07 Å². The highest BCUT2D eigenvalue weighted by molar-refractivity contribution is 6.55. The third-order valence-electron chi connectivity index (χ3n) is 4.79. The lowest BCUT2D eigenvalue weighted by molar-refractivity contribution is 0.00578. The number of nitriles is 1. The summed E-state index contributed by atoms with van der Waals surface area (Å²) in [7, 11) is -0.570. The maximum absolute atomic E-state index is 9.79. The van der Waals surface area contributed by atoms with Gasteiger partial charge < -0.3 is 14.4 Å². The molecule has 1 saturated heterocycles. The number of benzene rings is 1. The number of aliphatic hydroxyl groups excluding tert-OH is 1. The molecule has 4 nitrogen and oxygen atoms in total. The minimum atomic E-state index is -0.570. The molecule has 0 unspecified atom stereocenters. The number of aryl methyl sites for hydroxylation is 2. The van der Waals surface area contributed by atoms with Gasteiger partial charge in [-0.2, -0.15) is 5.26 Å². The van der Waals surface area contributed by atoms with Crippen LogP contribution in [0.25, 0.3) is 6.08 Å². The van der Waals surface area contributed by atoms with E-state index in [1.807, 2.05) is 59.8 Å². The summed E-state index contributed by atoms with van der Waals surface area (Å²) in [6.45, 7) is 11.7. The second-order valence-electron chi connectivity index (χ2n) is 7.10. The van der Waals surface area contributed by atoms with E-state index < -0.39 is 18.3 Å². The smallest absolute Gasteiger partial charge is 0.400 e. The summed E-state index contributed by atoms with van der Waals surface area (Å²) in [4.78, 5) is 0. The zero-order valence-electron chi connectivity index (χ0n) is 14.7. The minimum Gasteiger partial charge on any atom is -0.400 e. The molecule has 1 aromatic carbocycles. The van der Waals surface area contributed by atoms with Crippen molar-refractivity contribution in [3.05, 3.63) is 39.9 Å². The van der Waals surface area contributed by atoms with Crippen molar-refractivity contribution in [1.29, 1.82) is 5.26 Å². The van der Waals surface area contributed by atoms with Crippen molar-refractivity contribution >= 4 is 13.2 Å². The molecule has 0 aromatic heterocycles. The van der Waals surface area contributed by atoms with E-state index in [0.717, 1.165) is 16.7 Å². The van der Waals surface area contributed by atoms with Crippen LogP contribution in [0.4, 0.5) is 0 Å². The maximum atomic E-state index is 9.79. The Morgan fingerprint density at radius 3 is 2.04 bits per heavy atom. The Morgan fingerprint density at radius 1 is 1.17 bits per heavy atom. The number of aliphatic hydroxyl groups is 1. The Morgan fingerprint density at radius 2 is 1.65 bits per heavy atom. The quantitative estimate of drug-likeness (QED) is 0.871. The zero-order chi connectivity index (χ0) is 17.4. The van der Waals surface area contributed by atoms with Gasteiger partial charge in [0.05, 0.1) is 29.4 Å². The molecule has 0 aliphatic carbocycles. The standard InChI is InChI=1S/C18H24BNO3/c1-12-7-14(10-20)8-13(2)16(12)9-15(11-21)19-22-17(3,4)18(5,6)23-19/h7-9,21H,11H2,1-6H3. The van der Waals surface area contributed by atoms with Gasteiger partial charge in [-0.3, -0.25) is 0 Å². The summed E-state index contributed by atoms with van der Waals surface area (Å²) in [5.74, 6) is 0. The summed E-state index contributed by atoms with van der Waals surface area (Å²) in [6.07, 6.45) is 1.91. The number of hydrogen-bond donors (Lipinski definition) is 1. The largest absolute Gasteiger partial charge is 0.492 e. The molecule has 0 bridgehead atoms. The maximum Gasteiger partial charge on any atom is 0.492 e. The Bertz CT molecular complexity index is 647. The lowest BCUT2D eigenvalue weighted by atomic mass is 9.77. The number of hydrogen-bond acceptors (Lipinski definition) is 4. The van der Waals surface area contributed by atoms with Crippen LogP contribution in [0.15, 0.2) is 17.6 Å². The molecule has 2 rings (SSSR count). The molecule has 1 heterocycles. The van der Waals surface area contributed by atoms with Crippen molar-refractivity contribution in [3.8, 4) is 6.07 Å². The predicted octanol–water partition coefficient (Wildman–Crippen LogP) is 3.18. The van der Waals surface area contributed by atoms with Crippen molar-refractivity contribution in [2.24, 2.45) is 0 Å². The summed E-state index contributed by atoms with van der Waals surface area (Å²) < 4.78 is 12.0. The molecule has 5 heteroatoms. The average Bonchev–Trinajstić information content (AvgIpc) is 2.66. The fourth-order valence-corrected chi connectivity index (χ4v) is 2.63. The zero-order valence-corrected chi connectivity index (χ0v) is 14.7. The first-order valence-electron chi connectivity index (χ1n) is 7.79. The Balaban J connectivity index is 2.40. The summed E-state index contributed by atoms with van der Waals surface area (Å²) in [5, 5.41) is 18.8. The van der Waals surface area contributed by atoms with Crippen LogP contribution in [0, 0.1) is 25.2 Å². The SMILES string of the molecule is Cc1cc(C#N)cc(C)c1C=C(CO)B1OC(C)(C)C(C)(C)O1. The van der Waals surface area contributed by atoms with Gasteiger partial charge in [0, 0.05) is 0 Å². The molecule has 1 aromatic rings. The van der Waals surface area contributed by atoms with Gasteiger partial charge in [0.15, 0.2) is 0 Å². The first kappa shape index (κ1) is 17.7. The summed E-state index contributed by atoms with van der Waals surface area (Å²) >= 11 is 0. The topological polar surface area (TPSA) is 62.5 Å². The molecule has 0 spiro atoms. The molecule has 0 saturated carbocycles. The Hall–Kier alpha value is -1.61. The molecule has 1 fully saturated rings. The first-order chi connectivity index (χ1) is 10.6. The molecular weight excluding hydrogens is 289 g/mol. The van der Waals surface area contributed by atoms with Gasteiger partial charge in [-0.1, -0.05) is 6.08 Å². The van der Waals surface area contributed by atoms with Gasteiger partial charge in [-0.15, -0.1) is 0 Å². The van der Waals surface area contributed by atoms with E-state index >= 15 is 0 Å². The van der Waals surface area contributed by atoms with E-state index in [4.69, 9.17) is 14.6 Å². The number of rotatable bonds is 3. The van der Waals surface area contributed by atoms with E-state index in [9.17, 15) is 5.11 Å². The highest BCUT2D eigenvalue weighted by Gasteiger charge is 2.52. The van der Waals surface area contributed by atoms with Crippen LogP contribution >= 0.6 is 0 Å². The Kier molecular flexibility index (Phi) is 4.72. The third-order valence-corrected chi connectivity index (χ3v) is 4.79. The monoisotopic (exact) mass is 313 g/mol. The van der Waals surface area contributed by atoms with Crippen LogP contribution in [-0.4, -0.2) is 30.0 Å². The first-order valence-corrected chi connectivity index (χ1v) is 7.79. The molecule has 0 atom stereocenters. The molecular formula is C18H24BNO3. The van der Waals surface area contributed by atoms with Gasteiger partial charge in [0.25, 0.3) is 0 Å². The molecule has 23 heavy (non-hydrogen) atoms. The van der Waals surface area contributed by atoms with E-state index in [0.29, 0.717) is 11.0 Å². The van der Waals surface area contributed by atoms with Crippen molar-refractivity contribution < 1.29 is 14.4 Å². The highest BCUT2D eigenvalue weighted by Crippen LogP contribution is 2.39. The second kappa shape index (κ2) is 6.12. The summed E-state index contributed by atoms with van der Waals surface area (Å²) in [6, 6.07) is 5.85. The van der Waals surface area contributed by atoms with Gasteiger partial charge in [0.1, 0.15) is 0 Å². The van der Waals surface area contributed by atoms with Crippen LogP contribution in [0.3, 0.4) is 0 Å². The highest BCUT2D eigenvalue weighted by atomic mass is 16.7. The normalized spacial score (nSPS) is 19.7. The van der Waals surface area contributed by atoms with E-state index in [1.165, 1.54) is 0 Å². The lowest BCUT2D eigenvalue weighted by Crippen LogP contribution is -2.41. The Labute approximate surface area is 138 Å². The van der Waals surface area contributed by atoms with Crippen molar-refractivity contribution in [2.75, 3.05) is 6.61 Å². The van der Waals surface area contributed by atoms with Gasteiger partial charge in [-0.25, -0.2) is 0 Å². The lowest BCUT2D eigenvalue weighted by Gasteiger charge is -2.32.